The van der Waals surface area contributed by atoms with Crippen LogP contribution in [-0.4, -0.2) is 31.1 Å². The van der Waals surface area contributed by atoms with E-state index in [1.807, 2.05) is 0 Å². The van der Waals surface area contributed by atoms with Crippen molar-refractivity contribution in [1.82, 2.24) is 4.90 Å². The van der Waals surface area contributed by atoms with Gasteiger partial charge in [0.05, 0.1) is 0 Å². The Kier molecular flexibility index (Phi) is 6.35. The molecule has 0 heterocycles. The van der Waals surface area contributed by atoms with E-state index in [-0.39, 0.29) is 5.54 Å². The van der Waals surface area contributed by atoms with E-state index in [4.69, 9.17) is 5.73 Å². The van der Waals surface area contributed by atoms with Crippen molar-refractivity contribution in [2.24, 2.45) is 5.73 Å². The van der Waals surface area contributed by atoms with Crippen molar-refractivity contribution in [3.63, 3.8) is 0 Å². The van der Waals surface area contributed by atoms with E-state index in [2.05, 4.69) is 32.8 Å². The zero-order valence-electron chi connectivity index (χ0n) is 9.77. The SMILES string of the molecule is CCCCCCC(C)(CN)N(C)C. The number of hydrogen-bond acceptors (Lipinski definition) is 2. The molecule has 2 heteroatoms. The second kappa shape index (κ2) is 6.39. The van der Waals surface area contributed by atoms with Crippen LogP contribution in [0.1, 0.15) is 46.0 Å². The third kappa shape index (κ3) is 4.63. The van der Waals surface area contributed by atoms with Gasteiger partial charge in [-0.05, 0) is 27.4 Å². The summed E-state index contributed by atoms with van der Waals surface area (Å²) in [4.78, 5) is 2.25. The topological polar surface area (TPSA) is 29.3 Å². The minimum absolute atomic E-state index is 0.202. The van der Waals surface area contributed by atoms with Crippen LogP contribution >= 0.6 is 0 Å². The summed E-state index contributed by atoms with van der Waals surface area (Å²) in [6.07, 6.45) is 6.53. The normalized spacial score (nSPS) is 16.2. The summed E-state index contributed by atoms with van der Waals surface area (Å²) in [5, 5.41) is 0. The van der Waals surface area contributed by atoms with E-state index in [9.17, 15) is 0 Å². The molecule has 2 nitrogen and oxygen atoms in total. The fourth-order valence-electron chi connectivity index (χ4n) is 1.44. The lowest BCUT2D eigenvalue weighted by Crippen LogP contribution is -2.47. The molecule has 13 heavy (non-hydrogen) atoms. The van der Waals surface area contributed by atoms with Crippen molar-refractivity contribution in [3.05, 3.63) is 0 Å². The average Bonchev–Trinajstić information content (AvgIpc) is 2.12. The minimum atomic E-state index is 0.202. The molecule has 0 rings (SSSR count). The molecule has 80 valence electrons. The molecular formula is C11H26N2. The summed E-state index contributed by atoms with van der Waals surface area (Å²) in [5.41, 5.74) is 5.98. The van der Waals surface area contributed by atoms with Crippen LogP contribution in [0.2, 0.25) is 0 Å². The third-order valence-corrected chi connectivity index (χ3v) is 3.09. The fraction of sp³-hybridized carbons (Fsp3) is 1.00. The molecule has 0 aromatic rings. The maximum atomic E-state index is 5.78. The highest BCUT2D eigenvalue weighted by Gasteiger charge is 2.23. The van der Waals surface area contributed by atoms with E-state index < -0.39 is 0 Å². The van der Waals surface area contributed by atoms with Crippen molar-refractivity contribution in [2.45, 2.75) is 51.5 Å². The van der Waals surface area contributed by atoms with Crippen molar-refractivity contribution >= 4 is 0 Å². The van der Waals surface area contributed by atoms with Gasteiger partial charge < -0.3 is 10.6 Å². The van der Waals surface area contributed by atoms with Crippen LogP contribution in [0.4, 0.5) is 0 Å². The molecule has 0 aromatic carbocycles. The predicted octanol–water partition coefficient (Wildman–Crippen LogP) is 2.24. The smallest absolute Gasteiger partial charge is 0.0297 e. The Balaban J connectivity index is 3.71. The van der Waals surface area contributed by atoms with Gasteiger partial charge in [-0.25, -0.2) is 0 Å². The van der Waals surface area contributed by atoms with Gasteiger partial charge in [-0.3, -0.25) is 0 Å². The van der Waals surface area contributed by atoms with Crippen LogP contribution in [0, 0.1) is 0 Å². The molecular weight excluding hydrogens is 160 g/mol. The molecule has 1 atom stereocenters. The van der Waals surface area contributed by atoms with Crippen molar-refractivity contribution in [2.75, 3.05) is 20.6 Å². The highest BCUT2D eigenvalue weighted by atomic mass is 15.1. The second-order valence-electron chi connectivity index (χ2n) is 4.41. The first-order chi connectivity index (χ1) is 6.06. The van der Waals surface area contributed by atoms with Gasteiger partial charge in [-0.1, -0.05) is 32.6 Å². The molecule has 2 N–H and O–H groups in total. The summed E-state index contributed by atoms with van der Waals surface area (Å²) in [6, 6.07) is 0. The molecule has 0 aliphatic rings. The summed E-state index contributed by atoms with van der Waals surface area (Å²) in [7, 11) is 4.24. The van der Waals surface area contributed by atoms with Gasteiger partial charge >= 0.3 is 0 Å². The fourth-order valence-corrected chi connectivity index (χ4v) is 1.44. The molecule has 0 spiro atoms. The monoisotopic (exact) mass is 186 g/mol. The van der Waals surface area contributed by atoms with Crippen LogP contribution in [0.3, 0.4) is 0 Å². The van der Waals surface area contributed by atoms with E-state index in [0.717, 1.165) is 6.54 Å². The largest absolute Gasteiger partial charge is 0.329 e. The first kappa shape index (κ1) is 12.9. The number of hydrogen-bond donors (Lipinski definition) is 1. The van der Waals surface area contributed by atoms with Crippen molar-refractivity contribution in [1.29, 1.82) is 0 Å². The van der Waals surface area contributed by atoms with E-state index in [1.165, 1.54) is 32.1 Å². The molecule has 0 aromatic heterocycles. The Morgan fingerprint density at radius 2 is 1.77 bits per heavy atom. The minimum Gasteiger partial charge on any atom is -0.329 e. The maximum absolute atomic E-state index is 5.78. The van der Waals surface area contributed by atoms with Gasteiger partial charge in [-0.2, -0.15) is 0 Å². The molecule has 0 radical (unpaired) electrons. The Bertz CT molecular complexity index is 123. The van der Waals surface area contributed by atoms with E-state index >= 15 is 0 Å². The Morgan fingerprint density at radius 1 is 1.15 bits per heavy atom. The highest BCUT2D eigenvalue weighted by Crippen LogP contribution is 2.18. The maximum Gasteiger partial charge on any atom is 0.0297 e. The van der Waals surface area contributed by atoms with Gasteiger partial charge in [0.2, 0.25) is 0 Å². The first-order valence-corrected chi connectivity index (χ1v) is 5.44. The summed E-state index contributed by atoms with van der Waals surface area (Å²) >= 11 is 0. The molecule has 0 fully saturated rings. The van der Waals surface area contributed by atoms with Gasteiger partial charge in [0.25, 0.3) is 0 Å². The van der Waals surface area contributed by atoms with Crippen molar-refractivity contribution in [3.8, 4) is 0 Å². The zero-order valence-corrected chi connectivity index (χ0v) is 9.77. The van der Waals surface area contributed by atoms with E-state index in [1.54, 1.807) is 0 Å². The summed E-state index contributed by atoms with van der Waals surface area (Å²) in [5.74, 6) is 0. The quantitative estimate of drug-likeness (QED) is 0.618. The van der Waals surface area contributed by atoms with E-state index in [0.29, 0.717) is 0 Å². The lowest BCUT2D eigenvalue weighted by atomic mass is 9.93. The van der Waals surface area contributed by atoms with Crippen molar-refractivity contribution < 1.29 is 0 Å². The van der Waals surface area contributed by atoms with Gasteiger partial charge in [0.15, 0.2) is 0 Å². The highest BCUT2D eigenvalue weighted by molar-refractivity contribution is 4.83. The Morgan fingerprint density at radius 3 is 2.15 bits per heavy atom. The Hall–Kier alpha value is -0.0800. The third-order valence-electron chi connectivity index (χ3n) is 3.09. The molecule has 0 amide bonds. The lowest BCUT2D eigenvalue weighted by molar-refractivity contribution is 0.164. The standard InChI is InChI=1S/C11H26N2/c1-5-6-7-8-9-11(2,10-12)13(3)4/h5-10,12H2,1-4H3. The van der Waals surface area contributed by atoms with Gasteiger partial charge in [-0.15, -0.1) is 0 Å². The van der Waals surface area contributed by atoms with Crippen LogP contribution in [0.5, 0.6) is 0 Å². The molecule has 0 saturated heterocycles. The summed E-state index contributed by atoms with van der Waals surface area (Å²) in [6.45, 7) is 5.25. The predicted molar refractivity (Wildman–Crippen MR) is 59.9 cm³/mol. The second-order valence-corrected chi connectivity index (χ2v) is 4.41. The number of likely N-dealkylation sites (N-methyl/N-ethyl adjacent to an activating group) is 1. The van der Waals surface area contributed by atoms with Crippen LogP contribution in [0.15, 0.2) is 0 Å². The van der Waals surface area contributed by atoms with Gasteiger partial charge in [0, 0.05) is 12.1 Å². The number of rotatable bonds is 7. The lowest BCUT2D eigenvalue weighted by Gasteiger charge is -2.35. The van der Waals surface area contributed by atoms with Crippen LogP contribution < -0.4 is 5.73 Å². The first-order valence-electron chi connectivity index (χ1n) is 5.44. The number of nitrogens with two attached hydrogens (primary N) is 1. The number of unbranched alkanes of at least 4 members (excludes halogenated alkanes) is 3. The molecule has 0 aliphatic heterocycles. The summed E-state index contributed by atoms with van der Waals surface area (Å²) < 4.78 is 0. The van der Waals surface area contributed by atoms with Gasteiger partial charge in [0.1, 0.15) is 0 Å². The number of nitrogens with zero attached hydrogens (tertiary/aromatic N) is 1. The molecule has 0 bridgehead atoms. The Labute approximate surface area is 83.5 Å². The molecule has 0 aliphatic carbocycles. The average molecular weight is 186 g/mol. The zero-order chi connectivity index (χ0) is 10.3. The molecule has 1 unspecified atom stereocenters. The van der Waals surface area contributed by atoms with Crippen LogP contribution in [0.25, 0.3) is 0 Å². The van der Waals surface area contributed by atoms with Crippen LogP contribution in [-0.2, 0) is 0 Å². The molecule has 0 saturated carbocycles.